The summed E-state index contributed by atoms with van der Waals surface area (Å²) in [4.78, 5) is 2.38. The lowest BCUT2D eigenvalue weighted by Crippen LogP contribution is -2.53. The molecule has 0 aromatic heterocycles. The van der Waals surface area contributed by atoms with E-state index in [0.717, 1.165) is 37.2 Å². The van der Waals surface area contributed by atoms with Crippen LogP contribution in [0.3, 0.4) is 0 Å². The fourth-order valence-corrected chi connectivity index (χ4v) is 3.39. The molecule has 2 fully saturated rings. The highest BCUT2D eigenvalue weighted by molar-refractivity contribution is 5.55. The van der Waals surface area contributed by atoms with Crippen LogP contribution >= 0.6 is 0 Å². The van der Waals surface area contributed by atoms with Gasteiger partial charge in [0.2, 0.25) is 0 Å². The van der Waals surface area contributed by atoms with Gasteiger partial charge in [0.25, 0.3) is 0 Å². The number of morpholine rings is 1. The molecule has 2 unspecified atom stereocenters. The number of nitrogens with zero attached hydrogens (tertiary/aromatic N) is 1. The smallest absolute Gasteiger partial charge is 0.123 e. The summed E-state index contributed by atoms with van der Waals surface area (Å²) >= 11 is 0. The first-order chi connectivity index (χ1) is 9.29. The molecule has 1 aliphatic carbocycles. The Morgan fingerprint density at radius 3 is 3.00 bits per heavy atom. The summed E-state index contributed by atoms with van der Waals surface area (Å²) in [5.74, 6) is -0.211. The molecule has 1 aromatic carbocycles. The molecule has 1 aromatic rings. The van der Waals surface area contributed by atoms with Crippen LogP contribution in [0.25, 0.3) is 0 Å². The van der Waals surface area contributed by atoms with E-state index in [-0.39, 0.29) is 5.82 Å². The largest absolute Gasteiger partial charge is 0.374 e. The van der Waals surface area contributed by atoms with Gasteiger partial charge in [-0.05, 0) is 36.6 Å². The maximum Gasteiger partial charge on any atom is 0.123 e. The van der Waals surface area contributed by atoms with E-state index < -0.39 is 0 Å². The lowest BCUT2D eigenvalue weighted by atomic mass is 9.89. The zero-order valence-corrected chi connectivity index (χ0v) is 11.1. The number of fused-ring (bicyclic) bond motifs is 1. The Hall–Kier alpha value is -1.13. The molecule has 0 amide bonds. The first-order valence-electron chi connectivity index (χ1n) is 7.16. The van der Waals surface area contributed by atoms with Crippen molar-refractivity contribution in [2.45, 2.75) is 44.4 Å². The second-order valence-corrected chi connectivity index (χ2v) is 5.43. The van der Waals surface area contributed by atoms with Crippen LogP contribution in [0.4, 0.5) is 10.1 Å². The summed E-state index contributed by atoms with van der Waals surface area (Å²) in [6.07, 6.45) is 5.13. The average molecular weight is 264 g/mol. The standard InChI is InChI=1S/C15H21FN2O/c16-12-5-6-13(11(9-12)10-17)18-7-8-19-15-4-2-1-3-14(15)18/h5-6,9,14-15H,1-4,7-8,10,17H2. The van der Waals surface area contributed by atoms with Gasteiger partial charge < -0.3 is 15.4 Å². The first kappa shape index (κ1) is 12.9. The zero-order valence-electron chi connectivity index (χ0n) is 11.1. The molecule has 104 valence electrons. The van der Waals surface area contributed by atoms with Crippen LogP contribution in [-0.2, 0) is 11.3 Å². The Bertz CT molecular complexity index is 450. The van der Waals surface area contributed by atoms with Crippen LogP contribution in [0.1, 0.15) is 31.2 Å². The molecular weight excluding hydrogens is 243 g/mol. The van der Waals surface area contributed by atoms with Gasteiger partial charge >= 0.3 is 0 Å². The van der Waals surface area contributed by atoms with Gasteiger partial charge in [0.1, 0.15) is 5.82 Å². The molecule has 0 spiro atoms. The molecule has 3 rings (SSSR count). The van der Waals surface area contributed by atoms with Crippen molar-refractivity contribution in [2.24, 2.45) is 5.73 Å². The van der Waals surface area contributed by atoms with Crippen molar-refractivity contribution < 1.29 is 9.13 Å². The van der Waals surface area contributed by atoms with Gasteiger partial charge in [0.15, 0.2) is 0 Å². The predicted molar refractivity (Wildman–Crippen MR) is 73.6 cm³/mol. The van der Waals surface area contributed by atoms with Crippen molar-refractivity contribution in [3.63, 3.8) is 0 Å². The molecule has 19 heavy (non-hydrogen) atoms. The predicted octanol–water partition coefficient (Wildman–Crippen LogP) is 2.43. The van der Waals surface area contributed by atoms with Gasteiger partial charge in [-0.1, -0.05) is 12.8 Å². The van der Waals surface area contributed by atoms with E-state index in [4.69, 9.17) is 10.5 Å². The van der Waals surface area contributed by atoms with Gasteiger partial charge in [-0.25, -0.2) is 4.39 Å². The molecule has 0 radical (unpaired) electrons. The molecule has 2 atom stereocenters. The van der Waals surface area contributed by atoms with Crippen molar-refractivity contribution in [2.75, 3.05) is 18.1 Å². The highest BCUT2D eigenvalue weighted by Crippen LogP contribution is 2.33. The van der Waals surface area contributed by atoms with E-state index in [1.165, 1.54) is 18.9 Å². The molecule has 2 N–H and O–H groups in total. The molecular formula is C15H21FN2O. The van der Waals surface area contributed by atoms with Gasteiger partial charge in [-0.15, -0.1) is 0 Å². The number of hydrogen-bond acceptors (Lipinski definition) is 3. The highest BCUT2D eigenvalue weighted by Gasteiger charge is 2.34. The number of ether oxygens (including phenoxy) is 1. The van der Waals surface area contributed by atoms with Crippen LogP contribution in [0.2, 0.25) is 0 Å². The fourth-order valence-electron chi connectivity index (χ4n) is 3.39. The summed E-state index contributed by atoms with van der Waals surface area (Å²) in [5, 5.41) is 0. The van der Waals surface area contributed by atoms with Crippen molar-refractivity contribution in [1.29, 1.82) is 0 Å². The molecule has 1 aliphatic heterocycles. The minimum atomic E-state index is -0.211. The summed E-state index contributed by atoms with van der Waals surface area (Å²) in [5.41, 5.74) is 7.75. The Kier molecular flexibility index (Phi) is 3.71. The number of halogens is 1. The van der Waals surface area contributed by atoms with Gasteiger partial charge in [-0.2, -0.15) is 0 Å². The third-order valence-corrected chi connectivity index (χ3v) is 4.30. The maximum absolute atomic E-state index is 13.3. The van der Waals surface area contributed by atoms with Crippen LogP contribution in [0.15, 0.2) is 18.2 Å². The lowest BCUT2D eigenvalue weighted by Gasteiger charge is -2.45. The van der Waals surface area contributed by atoms with Crippen LogP contribution in [0.5, 0.6) is 0 Å². The first-order valence-corrected chi connectivity index (χ1v) is 7.16. The van der Waals surface area contributed by atoms with Gasteiger partial charge in [-0.3, -0.25) is 0 Å². The van der Waals surface area contributed by atoms with Crippen LogP contribution in [0, 0.1) is 5.82 Å². The van der Waals surface area contributed by atoms with Crippen LogP contribution in [-0.4, -0.2) is 25.3 Å². The number of nitrogens with two attached hydrogens (primary N) is 1. The Morgan fingerprint density at radius 2 is 2.16 bits per heavy atom. The van der Waals surface area contributed by atoms with Crippen LogP contribution < -0.4 is 10.6 Å². The lowest BCUT2D eigenvalue weighted by molar-refractivity contribution is -0.00873. The van der Waals surface area contributed by atoms with Crippen molar-refractivity contribution in [1.82, 2.24) is 0 Å². The van der Waals surface area contributed by atoms with Gasteiger partial charge in [0, 0.05) is 18.8 Å². The third kappa shape index (κ3) is 2.47. The third-order valence-electron chi connectivity index (χ3n) is 4.30. The second-order valence-electron chi connectivity index (χ2n) is 5.43. The number of rotatable bonds is 2. The summed E-state index contributed by atoms with van der Waals surface area (Å²) in [6, 6.07) is 5.39. The second kappa shape index (κ2) is 5.47. The Labute approximate surface area is 113 Å². The molecule has 2 aliphatic rings. The summed E-state index contributed by atoms with van der Waals surface area (Å²) < 4.78 is 19.2. The topological polar surface area (TPSA) is 38.5 Å². The van der Waals surface area contributed by atoms with E-state index in [1.807, 2.05) is 6.07 Å². The molecule has 1 saturated heterocycles. The quantitative estimate of drug-likeness (QED) is 0.891. The average Bonchev–Trinajstić information content (AvgIpc) is 2.46. The zero-order chi connectivity index (χ0) is 13.2. The van der Waals surface area contributed by atoms with Crippen molar-refractivity contribution >= 4 is 5.69 Å². The number of hydrogen-bond donors (Lipinski definition) is 1. The van der Waals surface area contributed by atoms with E-state index in [0.29, 0.717) is 18.7 Å². The molecule has 1 saturated carbocycles. The van der Waals surface area contributed by atoms with E-state index >= 15 is 0 Å². The monoisotopic (exact) mass is 264 g/mol. The van der Waals surface area contributed by atoms with E-state index in [2.05, 4.69) is 4.90 Å². The Balaban J connectivity index is 1.91. The normalized spacial score (nSPS) is 27.2. The van der Waals surface area contributed by atoms with Crippen molar-refractivity contribution in [3.05, 3.63) is 29.6 Å². The maximum atomic E-state index is 13.3. The number of anilines is 1. The van der Waals surface area contributed by atoms with E-state index in [1.54, 1.807) is 6.07 Å². The SMILES string of the molecule is NCc1cc(F)ccc1N1CCOC2CCCCC21. The molecule has 4 heteroatoms. The molecule has 3 nitrogen and oxygen atoms in total. The number of benzene rings is 1. The summed E-state index contributed by atoms with van der Waals surface area (Å²) in [7, 11) is 0. The van der Waals surface area contributed by atoms with Gasteiger partial charge in [0.05, 0.1) is 18.8 Å². The molecule has 0 bridgehead atoms. The van der Waals surface area contributed by atoms with E-state index in [9.17, 15) is 4.39 Å². The fraction of sp³-hybridized carbons (Fsp3) is 0.600. The highest BCUT2D eigenvalue weighted by atomic mass is 19.1. The minimum Gasteiger partial charge on any atom is -0.374 e. The Morgan fingerprint density at radius 1 is 1.32 bits per heavy atom. The molecule has 1 heterocycles. The minimum absolute atomic E-state index is 0.211. The summed E-state index contributed by atoms with van der Waals surface area (Å²) in [6.45, 7) is 2.00. The van der Waals surface area contributed by atoms with Crippen molar-refractivity contribution in [3.8, 4) is 0 Å².